The van der Waals surface area contributed by atoms with Crippen LogP contribution >= 0.6 is 15.9 Å². The summed E-state index contributed by atoms with van der Waals surface area (Å²) in [6.45, 7) is 20.2. The van der Waals surface area contributed by atoms with Gasteiger partial charge in [-0.3, -0.25) is 23.7 Å². The van der Waals surface area contributed by atoms with E-state index in [2.05, 4.69) is 15.1 Å². The molecule has 2 unspecified atom stereocenters. The van der Waals surface area contributed by atoms with Crippen LogP contribution in [0.3, 0.4) is 0 Å². The Kier molecular flexibility index (Phi) is 17.4. The molecule has 2 heterocycles. The van der Waals surface area contributed by atoms with Crippen molar-refractivity contribution in [3.8, 4) is 0 Å². The summed E-state index contributed by atoms with van der Waals surface area (Å²) in [5.74, 6) is -0.430. The summed E-state index contributed by atoms with van der Waals surface area (Å²) in [5, 5.41) is 2.51. The number of carbonyl (C=O) groups is 1. The van der Waals surface area contributed by atoms with Crippen molar-refractivity contribution in [3.63, 3.8) is 0 Å². The lowest BCUT2D eigenvalue weighted by Crippen LogP contribution is -2.46. The SMILES string of the molecule is [C-]#[N+]CCOP(O[C@H]1[C@@H](OCCOC)[C@H](n2cc(C)c(=O)[nH]c2=O)O[C@@H]1[C@@H](CP(C)(=O)OCC)OCC(=O)NC)N(C(C)C)C(C)C. The van der Waals surface area contributed by atoms with Gasteiger partial charge in [0.15, 0.2) is 6.23 Å². The molecule has 1 aromatic heterocycles. The molecule has 1 saturated heterocycles. The minimum atomic E-state index is -3.30. The standard InChI is InChI=1S/C29H51N5O11P2/c1-11-43-47(10,38)18-22(41-17-23(35)31-8)24-25(45-46(42-13-12-30-7)34(19(2)3)20(4)5)26(40-15-14-39-9)28(44-24)33-16-21(6)27(36)32-29(33)37/h16,19-20,22,24-26,28H,11-15,17-18H2,1-6,8-10H3,(H,31,35)(H,32,36,37)/t22-,24-,25-,26-,28-,46?,47?/m1/s1. The average molecular weight is 708 g/mol. The number of ether oxygens (including phenoxy) is 4. The van der Waals surface area contributed by atoms with Crippen molar-refractivity contribution >= 4 is 21.8 Å². The highest BCUT2D eigenvalue weighted by Crippen LogP contribution is 2.52. The van der Waals surface area contributed by atoms with Gasteiger partial charge in [-0.15, -0.1) is 0 Å². The second-order valence-corrected chi connectivity index (χ2v) is 15.6. The third kappa shape index (κ3) is 12.1. The topological polar surface area (TPSA) is 173 Å². The van der Waals surface area contributed by atoms with Crippen molar-refractivity contribution in [1.82, 2.24) is 19.5 Å². The first-order chi connectivity index (χ1) is 22.2. The Morgan fingerprint density at radius 1 is 1.21 bits per heavy atom. The van der Waals surface area contributed by atoms with E-state index in [1.54, 1.807) is 13.8 Å². The number of amides is 1. The molecule has 1 aliphatic heterocycles. The Bertz CT molecular complexity index is 1330. The summed E-state index contributed by atoms with van der Waals surface area (Å²) in [7, 11) is -2.20. The number of H-pyrrole nitrogens is 1. The normalized spacial score (nSPS) is 22.4. The number of likely N-dealkylation sites (N-methyl/N-ethyl adjacent to an activating group) is 1. The van der Waals surface area contributed by atoms with Crippen LogP contribution in [0, 0.1) is 13.5 Å². The Hall–Kier alpha value is -2.02. The highest BCUT2D eigenvalue weighted by atomic mass is 31.2. The van der Waals surface area contributed by atoms with Crippen molar-refractivity contribution in [2.24, 2.45) is 0 Å². The number of hydrogen-bond acceptors (Lipinski definition) is 12. The fourth-order valence-electron chi connectivity index (χ4n) is 5.08. The van der Waals surface area contributed by atoms with Gasteiger partial charge in [0, 0.05) is 44.7 Å². The zero-order valence-corrected chi connectivity index (χ0v) is 30.6. The lowest BCUT2D eigenvalue weighted by Gasteiger charge is -2.39. The first-order valence-corrected chi connectivity index (χ1v) is 18.9. The molecule has 1 aliphatic rings. The number of rotatable bonds is 21. The smallest absolute Gasteiger partial charge is 0.330 e. The van der Waals surface area contributed by atoms with Crippen LogP contribution in [0.1, 0.15) is 46.4 Å². The molecule has 268 valence electrons. The molecule has 7 atom stereocenters. The highest BCUT2D eigenvalue weighted by molar-refractivity contribution is 7.58. The number of aromatic amines is 1. The van der Waals surface area contributed by atoms with Gasteiger partial charge in [0.1, 0.15) is 31.5 Å². The van der Waals surface area contributed by atoms with Gasteiger partial charge in [0.25, 0.3) is 14.1 Å². The number of methoxy groups -OCH3 is 1. The molecule has 0 radical (unpaired) electrons. The Balaban J connectivity index is 2.79. The van der Waals surface area contributed by atoms with E-state index in [9.17, 15) is 18.9 Å². The molecule has 16 nitrogen and oxygen atoms in total. The van der Waals surface area contributed by atoms with Gasteiger partial charge in [-0.2, -0.15) is 0 Å². The van der Waals surface area contributed by atoms with E-state index in [1.165, 1.54) is 31.6 Å². The van der Waals surface area contributed by atoms with Crippen molar-refractivity contribution in [1.29, 1.82) is 0 Å². The van der Waals surface area contributed by atoms with Crippen molar-refractivity contribution < 1.29 is 41.9 Å². The van der Waals surface area contributed by atoms with Crippen molar-refractivity contribution in [2.45, 2.75) is 84.3 Å². The van der Waals surface area contributed by atoms with Crippen LogP contribution in [-0.4, -0.2) is 123 Å². The second-order valence-electron chi connectivity index (χ2n) is 11.5. The van der Waals surface area contributed by atoms with E-state index < -0.39 is 70.3 Å². The fourth-order valence-corrected chi connectivity index (χ4v) is 8.44. The summed E-state index contributed by atoms with van der Waals surface area (Å²) in [6.07, 6.45) is -4.13. The van der Waals surface area contributed by atoms with Gasteiger partial charge in [-0.25, -0.2) is 16.0 Å². The summed E-state index contributed by atoms with van der Waals surface area (Å²) in [5.41, 5.74) is -1.05. The Labute approximate surface area is 277 Å². The Morgan fingerprint density at radius 2 is 1.89 bits per heavy atom. The fraction of sp³-hybridized carbons (Fsp3) is 0.793. The number of aryl methyl sites for hydroxylation is 1. The minimum absolute atomic E-state index is 0.0444. The van der Waals surface area contributed by atoms with Crippen LogP contribution in [0.15, 0.2) is 15.8 Å². The van der Waals surface area contributed by atoms with Gasteiger partial charge < -0.3 is 42.7 Å². The number of nitrogens with zero attached hydrogens (tertiary/aromatic N) is 3. The molecule has 1 aromatic rings. The molecule has 18 heteroatoms. The first kappa shape index (κ1) is 41.2. The van der Waals surface area contributed by atoms with Crippen LogP contribution < -0.4 is 16.6 Å². The molecule has 47 heavy (non-hydrogen) atoms. The summed E-state index contributed by atoms with van der Waals surface area (Å²) < 4.78 is 59.6. The van der Waals surface area contributed by atoms with E-state index in [0.717, 1.165) is 0 Å². The quantitative estimate of drug-likeness (QED) is 0.109. The molecule has 1 amide bonds. The zero-order valence-electron chi connectivity index (χ0n) is 28.8. The maximum Gasteiger partial charge on any atom is 0.330 e. The molecule has 0 saturated carbocycles. The van der Waals surface area contributed by atoms with Crippen LogP contribution in [0.5, 0.6) is 0 Å². The third-order valence-corrected chi connectivity index (χ3v) is 11.0. The first-order valence-electron chi connectivity index (χ1n) is 15.5. The second kappa shape index (κ2) is 19.8. The van der Waals surface area contributed by atoms with Crippen LogP contribution in [0.2, 0.25) is 0 Å². The third-order valence-electron chi connectivity index (χ3n) is 7.09. The summed E-state index contributed by atoms with van der Waals surface area (Å²) in [4.78, 5) is 43.5. The number of hydrogen-bond donors (Lipinski definition) is 2. The Morgan fingerprint density at radius 3 is 2.47 bits per heavy atom. The van der Waals surface area contributed by atoms with Gasteiger partial charge >= 0.3 is 5.69 Å². The van der Waals surface area contributed by atoms with E-state index in [0.29, 0.717) is 0 Å². The molecule has 0 aromatic carbocycles. The molecule has 0 bridgehead atoms. The molecule has 2 rings (SSSR count). The molecule has 2 N–H and O–H groups in total. The monoisotopic (exact) mass is 707 g/mol. The van der Waals surface area contributed by atoms with E-state index in [-0.39, 0.29) is 56.8 Å². The van der Waals surface area contributed by atoms with Crippen LogP contribution in [0.4, 0.5) is 0 Å². The summed E-state index contributed by atoms with van der Waals surface area (Å²) in [6, 6.07) is -0.0888. The molecule has 0 aliphatic carbocycles. The summed E-state index contributed by atoms with van der Waals surface area (Å²) >= 11 is 0. The molecular weight excluding hydrogens is 656 g/mol. The van der Waals surface area contributed by atoms with Gasteiger partial charge in [-0.05, 0) is 41.5 Å². The van der Waals surface area contributed by atoms with Gasteiger partial charge in [0.05, 0.1) is 32.1 Å². The van der Waals surface area contributed by atoms with Crippen LogP contribution in [0.25, 0.3) is 4.85 Å². The minimum Gasteiger partial charge on any atom is -0.382 e. The zero-order chi connectivity index (χ0) is 35.3. The van der Waals surface area contributed by atoms with Crippen LogP contribution in [-0.2, 0) is 41.9 Å². The van der Waals surface area contributed by atoms with E-state index in [1.807, 2.05) is 32.4 Å². The van der Waals surface area contributed by atoms with Crippen molar-refractivity contribution in [3.05, 3.63) is 44.0 Å². The predicted octanol–water partition coefficient (Wildman–Crippen LogP) is 2.52. The van der Waals surface area contributed by atoms with Gasteiger partial charge in [-0.1, -0.05) is 0 Å². The number of nitrogens with one attached hydrogen (secondary N) is 2. The molecule has 0 spiro atoms. The van der Waals surface area contributed by atoms with E-state index in [4.69, 9.17) is 39.1 Å². The molecule has 1 fully saturated rings. The van der Waals surface area contributed by atoms with Gasteiger partial charge in [0.2, 0.25) is 19.8 Å². The lowest BCUT2D eigenvalue weighted by atomic mass is 10.1. The average Bonchev–Trinajstić information content (AvgIpc) is 3.34. The molecular formula is C29H51N5O11P2. The van der Waals surface area contributed by atoms with Crippen molar-refractivity contribution in [2.75, 3.05) is 66.6 Å². The largest absolute Gasteiger partial charge is 0.382 e. The van der Waals surface area contributed by atoms with E-state index >= 15 is 0 Å². The lowest BCUT2D eigenvalue weighted by molar-refractivity contribution is -0.134. The maximum atomic E-state index is 13.6. The number of aromatic nitrogens is 2. The maximum absolute atomic E-state index is 13.6. The predicted molar refractivity (Wildman–Crippen MR) is 177 cm³/mol. The highest BCUT2D eigenvalue weighted by Gasteiger charge is 2.54. The number of carbonyl (C=O) groups excluding carboxylic acids is 1.